The molecule has 0 heterocycles. The summed E-state index contributed by atoms with van der Waals surface area (Å²) in [6.07, 6.45) is 0. The Bertz CT molecular complexity index is 547. The average molecular weight is 256 g/mol. The molecule has 0 aromatic heterocycles. The zero-order valence-electron chi connectivity index (χ0n) is 9.46. The van der Waals surface area contributed by atoms with Crippen molar-refractivity contribution in [3.8, 4) is 11.1 Å². The van der Waals surface area contributed by atoms with E-state index in [4.69, 9.17) is 0 Å². The van der Waals surface area contributed by atoms with Gasteiger partial charge in [-0.3, -0.25) is 4.72 Å². The molecular weight excluding hydrogens is 245 g/mol. The number of para-hydroxylation sites is 1. The topological polar surface area (TPSA) is 46.2 Å². The number of nitrogens with one attached hydrogen (secondary N) is 1. The molecule has 0 aliphatic carbocycles. The van der Waals surface area contributed by atoms with Gasteiger partial charge in [0, 0.05) is 35.1 Å². The molecule has 1 radical (unpaired) electrons. The van der Waals surface area contributed by atoms with E-state index in [0.29, 0.717) is 5.69 Å². The molecule has 5 heteroatoms. The van der Waals surface area contributed by atoms with Crippen molar-refractivity contribution in [1.29, 1.82) is 0 Å². The molecule has 2 aromatic carbocycles. The van der Waals surface area contributed by atoms with Crippen molar-refractivity contribution < 1.29 is 8.42 Å². The normalized spacial score (nSPS) is 9.71. The van der Waals surface area contributed by atoms with Crippen LogP contribution in [0.2, 0.25) is 0 Å². The molecule has 0 saturated heterocycles. The molecule has 0 spiro atoms. The Morgan fingerprint density at radius 3 is 2.06 bits per heavy atom. The molecule has 0 bridgehead atoms. The van der Waals surface area contributed by atoms with Crippen molar-refractivity contribution in [2.75, 3.05) is 4.72 Å². The van der Waals surface area contributed by atoms with Crippen molar-refractivity contribution in [2.45, 2.75) is 0 Å². The maximum atomic E-state index is 10.7. The summed E-state index contributed by atoms with van der Waals surface area (Å²) in [7, 11) is -2.63. The van der Waals surface area contributed by atoms with Crippen LogP contribution in [0.4, 0.5) is 5.69 Å². The first-order valence-electron chi connectivity index (χ1n) is 4.83. The molecule has 0 unspecified atom stereocenters. The monoisotopic (exact) mass is 256 g/mol. The van der Waals surface area contributed by atoms with E-state index in [1.54, 1.807) is 12.1 Å². The van der Waals surface area contributed by atoms with Gasteiger partial charge < -0.3 is 0 Å². The van der Waals surface area contributed by atoms with E-state index >= 15 is 0 Å². The van der Waals surface area contributed by atoms with E-state index in [1.165, 1.54) is 0 Å². The third kappa shape index (κ3) is 3.85. The number of benzene rings is 2. The number of thiol groups is 1. The quantitative estimate of drug-likeness (QED) is 0.651. The Kier molecular flexibility index (Phi) is 5.71. The fraction of sp³-hybridized carbons (Fsp3) is 0. The summed E-state index contributed by atoms with van der Waals surface area (Å²) in [5, 5.41) is 0. The van der Waals surface area contributed by atoms with Crippen LogP contribution in [-0.4, -0.2) is 38.0 Å². The predicted molar refractivity (Wildman–Crippen MR) is 71.6 cm³/mol. The number of anilines is 1. The Hall–Kier alpha value is -0.810. The Morgan fingerprint density at radius 2 is 1.41 bits per heavy atom. The molecule has 3 nitrogen and oxygen atoms in total. The van der Waals surface area contributed by atoms with E-state index in [9.17, 15) is 8.42 Å². The van der Waals surface area contributed by atoms with E-state index in [0.717, 1.165) is 11.1 Å². The third-order valence-electron chi connectivity index (χ3n) is 2.22. The van der Waals surface area contributed by atoms with Gasteiger partial charge in [0.1, 0.15) is 0 Å². The predicted octanol–water partition coefficient (Wildman–Crippen LogP) is 1.91. The second kappa shape index (κ2) is 6.81. The first kappa shape index (κ1) is 14.3. The van der Waals surface area contributed by atoms with Gasteiger partial charge in [-0.15, -0.1) is 0 Å². The molecular formula is C12H11NNaO2S. The molecule has 0 atom stereocenters. The summed E-state index contributed by atoms with van der Waals surface area (Å²) in [5.74, 6) is 0. The van der Waals surface area contributed by atoms with Gasteiger partial charge in [-0.1, -0.05) is 48.5 Å². The van der Waals surface area contributed by atoms with Gasteiger partial charge in [-0.05, 0) is 11.6 Å². The standard InChI is InChI=1S/C12H11NO2S.Na/c14-16(15)13-12-9-5-4-8-11(12)10-6-2-1-3-7-10;/h1-9,16H,(H,13,14,15);. The van der Waals surface area contributed by atoms with E-state index in [-0.39, 0.29) is 29.6 Å². The van der Waals surface area contributed by atoms with E-state index in [1.807, 2.05) is 42.5 Å². The summed E-state index contributed by atoms with van der Waals surface area (Å²) in [5.41, 5.74) is 2.47. The summed E-state index contributed by atoms with van der Waals surface area (Å²) in [6.45, 7) is 0. The van der Waals surface area contributed by atoms with Crippen LogP contribution in [-0.2, 0) is 10.9 Å². The molecule has 1 N–H and O–H groups in total. The first-order chi connectivity index (χ1) is 7.77. The van der Waals surface area contributed by atoms with Crippen molar-refractivity contribution in [1.82, 2.24) is 0 Å². The molecule has 0 fully saturated rings. The second-order valence-corrected chi connectivity index (χ2v) is 4.02. The van der Waals surface area contributed by atoms with Crippen molar-refractivity contribution in [3.05, 3.63) is 54.6 Å². The smallest absolute Gasteiger partial charge is 0.222 e. The van der Waals surface area contributed by atoms with Gasteiger partial charge in [0.2, 0.25) is 10.9 Å². The van der Waals surface area contributed by atoms with Gasteiger partial charge in [-0.25, -0.2) is 8.42 Å². The zero-order valence-corrected chi connectivity index (χ0v) is 12.4. The van der Waals surface area contributed by atoms with Crippen LogP contribution < -0.4 is 4.72 Å². The maximum absolute atomic E-state index is 10.7. The molecule has 0 saturated carbocycles. The number of hydrogen-bond acceptors (Lipinski definition) is 2. The van der Waals surface area contributed by atoms with Crippen LogP contribution in [0.25, 0.3) is 11.1 Å². The van der Waals surface area contributed by atoms with E-state index < -0.39 is 10.9 Å². The van der Waals surface area contributed by atoms with Gasteiger partial charge in [0.15, 0.2) is 0 Å². The Labute approximate surface area is 124 Å². The number of hydrogen-bond donors (Lipinski definition) is 2. The molecule has 17 heavy (non-hydrogen) atoms. The minimum absolute atomic E-state index is 0. The van der Waals surface area contributed by atoms with Gasteiger partial charge in [0.25, 0.3) is 0 Å². The minimum atomic E-state index is -2.63. The summed E-state index contributed by atoms with van der Waals surface area (Å²) in [6, 6.07) is 17.0. The van der Waals surface area contributed by atoms with Crippen molar-refractivity contribution >= 4 is 46.1 Å². The summed E-state index contributed by atoms with van der Waals surface area (Å²) in [4.78, 5) is 0. The van der Waals surface area contributed by atoms with Gasteiger partial charge in [-0.2, -0.15) is 0 Å². The molecule has 83 valence electrons. The first-order valence-corrected chi connectivity index (χ1v) is 6.00. The third-order valence-corrected chi connectivity index (χ3v) is 2.65. The SMILES string of the molecule is O=[SH](=O)Nc1ccccc1-c1ccccc1.[Na]. The summed E-state index contributed by atoms with van der Waals surface area (Å²) < 4.78 is 23.8. The molecule has 2 aromatic rings. The van der Waals surface area contributed by atoms with Crippen molar-refractivity contribution in [3.63, 3.8) is 0 Å². The van der Waals surface area contributed by atoms with Crippen LogP contribution in [0.1, 0.15) is 0 Å². The van der Waals surface area contributed by atoms with Crippen LogP contribution in [0, 0.1) is 0 Å². The van der Waals surface area contributed by atoms with Crippen LogP contribution in [0.3, 0.4) is 0 Å². The van der Waals surface area contributed by atoms with E-state index in [2.05, 4.69) is 4.72 Å². The zero-order chi connectivity index (χ0) is 11.4. The van der Waals surface area contributed by atoms with Gasteiger partial charge in [0.05, 0.1) is 5.69 Å². The molecule has 0 aliphatic heterocycles. The van der Waals surface area contributed by atoms with Gasteiger partial charge >= 0.3 is 0 Å². The maximum Gasteiger partial charge on any atom is 0.222 e. The fourth-order valence-electron chi connectivity index (χ4n) is 1.55. The Morgan fingerprint density at radius 1 is 0.824 bits per heavy atom. The molecule has 0 amide bonds. The molecule has 2 rings (SSSR count). The second-order valence-electron chi connectivity index (χ2n) is 3.28. The average Bonchev–Trinajstić information content (AvgIpc) is 2.30. The largest absolute Gasteiger partial charge is 0.285 e. The van der Waals surface area contributed by atoms with Crippen LogP contribution >= 0.6 is 0 Å². The van der Waals surface area contributed by atoms with Crippen molar-refractivity contribution in [2.24, 2.45) is 0 Å². The van der Waals surface area contributed by atoms with Crippen LogP contribution in [0.15, 0.2) is 54.6 Å². The fourth-order valence-corrected chi connectivity index (χ4v) is 1.94. The Balaban J connectivity index is 0.00000144. The number of rotatable bonds is 3. The molecule has 0 aliphatic rings. The minimum Gasteiger partial charge on any atom is -0.285 e. The summed E-state index contributed by atoms with van der Waals surface area (Å²) >= 11 is 0. The van der Waals surface area contributed by atoms with Crippen LogP contribution in [0.5, 0.6) is 0 Å².